The SMILES string of the molecule is Cc1[nH]c(-c2ccccc2)nc1C(C#N)N1CCOCC1. The Kier molecular flexibility index (Phi) is 4.00. The lowest BCUT2D eigenvalue weighted by molar-refractivity contribution is 0.0259. The summed E-state index contributed by atoms with van der Waals surface area (Å²) < 4.78 is 5.36. The van der Waals surface area contributed by atoms with Crippen molar-refractivity contribution in [3.05, 3.63) is 41.7 Å². The Labute approximate surface area is 124 Å². The maximum absolute atomic E-state index is 9.55. The zero-order chi connectivity index (χ0) is 14.7. The largest absolute Gasteiger partial charge is 0.379 e. The smallest absolute Gasteiger partial charge is 0.142 e. The first-order chi connectivity index (χ1) is 10.3. The van der Waals surface area contributed by atoms with Crippen LogP contribution in [0.25, 0.3) is 11.4 Å². The minimum absolute atomic E-state index is 0.317. The number of benzene rings is 1. The third-order valence-corrected chi connectivity index (χ3v) is 3.76. The second kappa shape index (κ2) is 6.08. The van der Waals surface area contributed by atoms with Gasteiger partial charge in [-0.1, -0.05) is 30.3 Å². The number of ether oxygens (including phenoxy) is 1. The summed E-state index contributed by atoms with van der Waals surface area (Å²) in [5.74, 6) is 0.816. The predicted octanol–water partition coefficient (Wildman–Crippen LogP) is 2.28. The first kappa shape index (κ1) is 13.8. The van der Waals surface area contributed by atoms with Gasteiger partial charge in [0.2, 0.25) is 0 Å². The van der Waals surface area contributed by atoms with Crippen LogP contribution in [0.1, 0.15) is 17.4 Å². The lowest BCUT2D eigenvalue weighted by Gasteiger charge is -2.29. The highest BCUT2D eigenvalue weighted by atomic mass is 16.5. The number of H-pyrrole nitrogens is 1. The second-order valence-corrected chi connectivity index (χ2v) is 5.14. The molecule has 0 radical (unpaired) electrons. The van der Waals surface area contributed by atoms with Gasteiger partial charge in [-0.15, -0.1) is 0 Å². The van der Waals surface area contributed by atoms with Crippen molar-refractivity contribution in [2.45, 2.75) is 13.0 Å². The molecule has 1 N–H and O–H groups in total. The number of morpholine rings is 1. The van der Waals surface area contributed by atoms with E-state index in [4.69, 9.17) is 4.74 Å². The fourth-order valence-corrected chi connectivity index (χ4v) is 2.62. The summed E-state index contributed by atoms with van der Waals surface area (Å²) in [6, 6.07) is 12.0. The molecule has 1 aromatic heterocycles. The molecule has 2 heterocycles. The molecule has 0 aliphatic carbocycles. The molecule has 0 bridgehead atoms. The van der Waals surface area contributed by atoms with Crippen molar-refractivity contribution in [1.82, 2.24) is 14.9 Å². The van der Waals surface area contributed by atoms with E-state index < -0.39 is 0 Å². The van der Waals surface area contributed by atoms with E-state index in [0.717, 1.165) is 35.9 Å². The maximum Gasteiger partial charge on any atom is 0.142 e. The van der Waals surface area contributed by atoms with E-state index in [2.05, 4.69) is 20.9 Å². The molecule has 1 fully saturated rings. The molecule has 1 atom stereocenters. The van der Waals surface area contributed by atoms with Crippen LogP contribution < -0.4 is 0 Å². The van der Waals surface area contributed by atoms with Gasteiger partial charge < -0.3 is 9.72 Å². The fourth-order valence-electron chi connectivity index (χ4n) is 2.62. The van der Waals surface area contributed by atoms with Crippen molar-refractivity contribution < 1.29 is 4.74 Å². The van der Waals surface area contributed by atoms with Crippen molar-refractivity contribution in [2.24, 2.45) is 0 Å². The molecule has 108 valence electrons. The quantitative estimate of drug-likeness (QED) is 0.938. The number of aryl methyl sites for hydroxylation is 1. The van der Waals surface area contributed by atoms with Gasteiger partial charge in [0.1, 0.15) is 11.9 Å². The van der Waals surface area contributed by atoms with Crippen LogP contribution >= 0.6 is 0 Å². The molecule has 1 aromatic carbocycles. The minimum Gasteiger partial charge on any atom is -0.379 e. The van der Waals surface area contributed by atoms with E-state index in [1.807, 2.05) is 37.3 Å². The summed E-state index contributed by atoms with van der Waals surface area (Å²) in [5.41, 5.74) is 2.80. The first-order valence-corrected chi connectivity index (χ1v) is 7.13. The van der Waals surface area contributed by atoms with Crippen molar-refractivity contribution >= 4 is 0 Å². The van der Waals surface area contributed by atoms with E-state index in [9.17, 15) is 5.26 Å². The zero-order valence-electron chi connectivity index (χ0n) is 12.0. The summed E-state index contributed by atoms with van der Waals surface area (Å²) in [6.45, 7) is 4.86. The Balaban J connectivity index is 1.91. The molecule has 5 nitrogen and oxygen atoms in total. The predicted molar refractivity (Wildman–Crippen MR) is 79.5 cm³/mol. The summed E-state index contributed by atoms with van der Waals surface area (Å²) in [6.07, 6.45) is 0. The third kappa shape index (κ3) is 2.82. The van der Waals surface area contributed by atoms with Crippen LogP contribution in [0, 0.1) is 18.3 Å². The highest BCUT2D eigenvalue weighted by Crippen LogP contribution is 2.25. The number of rotatable bonds is 3. The lowest BCUT2D eigenvalue weighted by Crippen LogP contribution is -2.38. The number of hydrogen-bond donors (Lipinski definition) is 1. The lowest BCUT2D eigenvalue weighted by atomic mass is 10.1. The van der Waals surface area contributed by atoms with Crippen molar-refractivity contribution in [3.8, 4) is 17.5 Å². The monoisotopic (exact) mass is 282 g/mol. The number of hydrogen-bond acceptors (Lipinski definition) is 4. The van der Waals surface area contributed by atoms with Crippen molar-refractivity contribution in [3.63, 3.8) is 0 Å². The van der Waals surface area contributed by atoms with Crippen LogP contribution in [-0.2, 0) is 4.74 Å². The van der Waals surface area contributed by atoms with Crippen molar-refractivity contribution in [1.29, 1.82) is 5.26 Å². The van der Waals surface area contributed by atoms with Crippen LogP contribution in [0.5, 0.6) is 0 Å². The molecule has 1 aliphatic heterocycles. The maximum atomic E-state index is 9.55. The number of nitrogens with zero attached hydrogens (tertiary/aromatic N) is 3. The molecule has 0 saturated carbocycles. The normalized spacial score (nSPS) is 17.3. The van der Waals surface area contributed by atoms with Gasteiger partial charge in [-0.3, -0.25) is 4.90 Å². The van der Waals surface area contributed by atoms with Gasteiger partial charge in [-0.25, -0.2) is 4.98 Å². The molecule has 5 heteroatoms. The molecule has 2 aromatic rings. The Morgan fingerprint density at radius 2 is 2.00 bits per heavy atom. The topological polar surface area (TPSA) is 64.9 Å². The summed E-state index contributed by atoms with van der Waals surface area (Å²) in [7, 11) is 0. The molecular formula is C16H18N4O. The molecule has 1 aliphatic rings. The van der Waals surface area contributed by atoms with E-state index in [1.54, 1.807) is 0 Å². The van der Waals surface area contributed by atoms with Gasteiger partial charge in [0.05, 0.1) is 25.0 Å². The average molecular weight is 282 g/mol. The molecule has 1 saturated heterocycles. The second-order valence-electron chi connectivity index (χ2n) is 5.14. The summed E-state index contributed by atoms with van der Waals surface area (Å²) in [5, 5.41) is 9.55. The van der Waals surface area contributed by atoms with E-state index in [-0.39, 0.29) is 6.04 Å². The zero-order valence-corrected chi connectivity index (χ0v) is 12.0. The van der Waals surface area contributed by atoms with Crippen LogP contribution in [0.4, 0.5) is 0 Å². The molecular weight excluding hydrogens is 264 g/mol. The van der Waals surface area contributed by atoms with Gasteiger partial charge in [-0.2, -0.15) is 5.26 Å². The van der Waals surface area contributed by atoms with Gasteiger partial charge in [0.15, 0.2) is 0 Å². The summed E-state index contributed by atoms with van der Waals surface area (Å²) >= 11 is 0. The van der Waals surface area contributed by atoms with Gasteiger partial charge in [0.25, 0.3) is 0 Å². The van der Waals surface area contributed by atoms with Crippen LogP contribution in [0.15, 0.2) is 30.3 Å². The fraction of sp³-hybridized carbons (Fsp3) is 0.375. The van der Waals surface area contributed by atoms with Crippen LogP contribution in [-0.4, -0.2) is 41.2 Å². The molecule has 3 rings (SSSR count). The van der Waals surface area contributed by atoms with E-state index in [0.29, 0.717) is 13.2 Å². The minimum atomic E-state index is -0.317. The number of nitrogens with one attached hydrogen (secondary N) is 1. The number of aromatic nitrogens is 2. The summed E-state index contributed by atoms with van der Waals surface area (Å²) in [4.78, 5) is 10.1. The third-order valence-electron chi connectivity index (χ3n) is 3.76. The highest BCUT2D eigenvalue weighted by Gasteiger charge is 2.26. The van der Waals surface area contributed by atoms with Crippen LogP contribution in [0.3, 0.4) is 0 Å². The van der Waals surface area contributed by atoms with Crippen LogP contribution in [0.2, 0.25) is 0 Å². The Bertz CT molecular complexity index is 638. The van der Waals surface area contributed by atoms with Gasteiger partial charge >= 0.3 is 0 Å². The van der Waals surface area contributed by atoms with Gasteiger partial charge in [0, 0.05) is 24.3 Å². The molecule has 21 heavy (non-hydrogen) atoms. The molecule has 0 spiro atoms. The number of nitriles is 1. The number of imidazole rings is 1. The standard InChI is InChI=1S/C16H18N4O/c1-12-15(14(11-17)20-7-9-21-10-8-20)19-16(18-12)13-5-3-2-4-6-13/h2-6,14H,7-10H2,1H3,(H,18,19). The Morgan fingerprint density at radius 1 is 1.29 bits per heavy atom. The van der Waals surface area contributed by atoms with Crippen molar-refractivity contribution in [2.75, 3.05) is 26.3 Å². The molecule has 1 unspecified atom stereocenters. The Hall–Kier alpha value is -2.16. The number of aromatic amines is 1. The van der Waals surface area contributed by atoms with E-state index in [1.165, 1.54) is 0 Å². The van der Waals surface area contributed by atoms with E-state index >= 15 is 0 Å². The highest BCUT2D eigenvalue weighted by molar-refractivity contribution is 5.56. The Morgan fingerprint density at radius 3 is 2.67 bits per heavy atom. The molecule has 0 amide bonds. The average Bonchev–Trinajstić information content (AvgIpc) is 2.92. The van der Waals surface area contributed by atoms with Gasteiger partial charge in [-0.05, 0) is 6.92 Å². The first-order valence-electron chi connectivity index (χ1n) is 7.13.